The standard InChI is InChI=1S/C12H16N4O3S2/c1-20-11-13-4-6-10(15-11)16(12(14-6)21-2)9-3-7(18)8(5-17)19-9/h4,7-9,17-18H,3,5H2,1-2H3/t7-,8+,9-/m1/s1. The Morgan fingerprint density at radius 3 is 2.81 bits per heavy atom. The third kappa shape index (κ3) is 2.64. The van der Waals surface area contributed by atoms with Gasteiger partial charge in [0.1, 0.15) is 17.8 Å². The number of nitrogens with zero attached hydrogens (tertiary/aromatic N) is 4. The van der Waals surface area contributed by atoms with E-state index in [2.05, 4.69) is 15.0 Å². The number of aliphatic hydroxyl groups is 2. The summed E-state index contributed by atoms with van der Waals surface area (Å²) < 4.78 is 7.61. The topological polar surface area (TPSA) is 93.3 Å². The SMILES string of the molecule is CSc1ncc2nc(SC)n([C@H]3C[C@@H](O)[C@H](CO)O3)c2n1. The first-order chi connectivity index (χ1) is 10.2. The third-order valence-electron chi connectivity index (χ3n) is 3.42. The molecule has 1 fully saturated rings. The minimum absolute atomic E-state index is 0.204. The Kier molecular flexibility index (Phi) is 4.36. The molecule has 21 heavy (non-hydrogen) atoms. The van der Waals surface area contributed by atoms with Gasteiger partial charge >= 0.3 is 0 Å². The van der Waals surface area contributed by atoms with Crippen molar-refractivity contribution < 1.29 is 14.9 Å². The van der Waals surface area contributed by atoms with Gasteiger partial charge in [-0.1, -0.05) is 23.5 Å². The fourth-order valence-corrected chi connectivity index (χ4v) is 3.32. The molecule has 1 saturated heterocycles. The lowest BCUT2D eigenvalue weighted by Crippen LogP contribution is -2.24. The molecule has 0 amide bonds. The normalized spacial score (nSPS) is 25.8. The van der Waals surface area contributed by atoms with Crippen molar-refractivity contribution in [3.8, 4) is 0 Å². The molecule has 1 aliphatic heterocycles. The van der Waals surface area contributed by atoms with E-state index in [1.807, 2.05) is 17.1 Å². The Hall–Kier alpha value is -0.870. The number of hydrogen-bond acceptors (Lipinski definition) is 8. The summed E-state index contributed by atoms with van der Waals surface area (Å²) in [5, 5.41) is 20.6. The van der Waals surface area contributed by atoms with Crippen LogP contribution in [0, 0.1) is 0 Å². The molecule has 3 atom stereocenters. The van der Waals surface area contributed by atoms with Crippen LogP contribution in [0.5, 0.6) is 0 Å². The second-order valence-corrected chi connectivity index (χ2v) is 6.20. The number of fused-ring (bicyclic) bond motifs is 1. The Morgan fingerprint density at radius 1 is 1.38 bits per heavy atom. The van der Waals surface area contributed by atoms with E-state index in [1.165, 1.54) is 23.5 Å². The second kappa shape index (κ2) is 6.09. The van der Waals surface area contributed by atoms with Gasteiger partial charge in [-0.05, 0) is 12.5 Å². The van der Waals surface area contributed by atoms with E-state index >= 15 is 0 Å². The maximum absolute atomic E-state index is 9.93. The zero-order valence-electron chi connectivity index (χ0n) is 11.6. The minimum atomic E-state index is -0.686. The monoisotopic (exact) mass is 328 g/mol. The van der Waals surface area contributed by atoms with Gasteiger partial charge in [0.05, 0.1) is 18.9 Å². The van der Waals surface area contributed by atoms with Gasteiger partial charge in [-0.25, -0.2) is 15.0 Å². The Bertz CT molecular complexity index is 651. The summed E-state index contributed by atoms with van der Waals surface area (Å²) in [5.74, 6) is 0. The molecule has 0 aromatic carbocycles. The number of hydrogen-bond donors (Lipinski definition) is 2. The first kappa shape index (κ1) is 15.0. The van der Waals surface area contributed by atoms with Crippen molar-refractivity contribution in [1.29, 1.82) is 0 Å². The van der Waals surface area contributed by atoms with E-state index in [4.69, 9.17) is 4.74 Å². The molecule has 7 nitrogen and oxygen atoms in total. The van der Waals surface area contributed by atoms with Crippen molar-refractivity contribution >= 4 is 34.7 Å². The van der Waals surface area contributed by atoms with E-state index < -0.39 is 12.2 Å². The Labute approximate surface area is 130 Å². The fourth-order valence-electron chi connectivity index (χ4n) is 2.39. The number of thioether (sulfide) groups is 2. The van der Waals surface area contributed by atoms with Crippen molar-refractivity contribution in [2.45, 2.75) is 35.2 Å². The van der Waals surface area contributed by atoms with E-state index in [9.17, 15) is 10.2 Å². The highest BCUT2D eigenvalue weighted by Gasteiger charge is 2.36. The molecule has 0 saturated carbocycles. The van der Waals surface area contributed by atoms with Gasteiger partial charge in [-0.3, -0.25) is 4.57 Å². The highest BCUT2D eigenvalue weighted by Crippen LogP contribution is 2.34. The van der Waals surface area contributed by atoms with Crippen molar-refractivity contribution in [3.05, 3.63) is 6.20 Å². The maximum Gasteiger partial charge on any atom is 0.189 e. The predicted octanol–water partition coefficient (Wildman–Crippen LogP) is 0.911. The molecular formula is C12H16N4O3S2. The molecule has 0 radical (unpaired) electrons. The molecule has 2 N–H and O–H groups in total. The first-order valence-electron chi connectivity index (χ1n) is 6.45. The summed E-state index contributed by atoms with van der Waals surface area (Å²) in [6.07, 6.45) is 4.30. The molecule has 0 spiro atoms. The van der Waals surface area contributed by atoms with Crippen LogP contribution in [0.25, 0.3) is 11.2 Å². The lowest BCUT2D eigenvalue weighted by molar-refractivity contribution is -0.0458. The van der Waals surface area contributed by atoms with E-state index in [0.29, 0.717) is 22.7 Å². The summed E-state index contributed by atoms with van der Waals surface area (Å²) in [5.41, 5.74) is 1.39. The molecule has 0 bridgehead atoms. The zero-order valence-corrected chi connectivity index (χ0v) is 13.3. The highest BCUT2D eigenvalue weighted by molar-refractivity contribution is 7.98. The summed E-state index contributed by atoms with van der Waals surface area (Å²) in [6, 6.07) is 0. The molecule has 2 aromatic heterocycles. The van der Waals surface area contributed by atoms with E-state index in [1.54, 1.807) is 6.20 Å². The molecule has 3 rings (SSSR count). The molecule has 114 valence electrons. The van der Waals surface area contributed by atoms with Gasteiger partial charge in [0.25, 0.3) is 0 Å². The largest absolute Gasteiger partial charge is 0.394 e. The average molecular weight is 328 g/mol. The quantitative estimate of drug-likeness (QED) is 0.632. The Balaban J connectivity index is 2.07. The van der Waals surface area contributed by atoms with Crippen LogP contribution in [-0.2, 0) is 4.74 Å². The van der Waals surface area contributed by atoms with Crippen LogP contribution in [0.4, 0.5) is 0 Å². The van der Waals surface area contributed by atoms with Gasteiger partial charge in [-0.15, -0.1) is 0 Å². The van der Waals surface area contributed by atoms with Crippen LogP contribution in [0.1, 0.15) is 12.6 Å². The maximum atomic E-state index is 9.93. The lowest BCUT2D eigenvalue weighted by Gasteiger charge is -2.15. The van der Waals surface area contributed by atoms with Crippen LogP contribution in [0.3, 0.4) is 0 Å². The summed E-state index contributed by atoms with van der Waals surface area (Å²) in [7, 11) is 0. The van der Waals surface area contributed by atoms with Gasteiger partial charge in [0.15, 0.2) is 16.0 Å². The Morgan fingerprint density at radius 2 is 2.19 bits per heavy atom. The number of imidazole rings is 1. The number of aromatic nitrogens is 4. The number of ether oxygens (including phenoxy) is 1. The zero-order chi connectivity index (χ0) is 15.0. The van der Waals surface area contributed by atoms with Gasteiger partial charge in [0, 0.05) is 6.42 Å². The molecule has 1 aliphatic rings. The number of rotatable bonds is 4. The molecule has 9 heteroatoms. The van der Waals surface area contributed by atoms with Crippen molar-refractivity contribution in [2.24, 2.45) is 0 Å². The van der Waals surface area contributed by atoms with Gasteiger partial charge < -0.3 is 14.9 Å². The van der Waals surface area contributed by atoms with Crippen molar-refractivity contribution in [1.82, 2.24) is 19.5 Å². The van der Waals surface area contributed by atoms with Crippen molar-refractivity contribution in [2.75, 3.05) is 19.1 Å². The lowest BCUT2D eigenvalue weighted by atomic mass is 10.2. The molecule has 3 heterocycles. The summed E-state index contributed by atoms with van der Waals surface area (Å²) in [4.78, 5) is 13.2. The van der Waals surface area contributed by atoms with Crippen LogP contribution in [0.15, 0.2) is 16.5 Å². The molecular weight excluding hydrogens is 312 g/mol. The molecule has 0 aliphatic carbocycles. The van der Waals surface area contributed by atoms with E-state index in [-0.39, 0.29) is 12.8 Å². The van der Waals surface area contributed by atoms with Crippen molar-refractivity contribution in [3.63, 3.8) is 0 Å². The summed E-state index contributed by atoms with van der Waals surface area (Å²) in [6.45, 7) is -0.204. The molecule has 0 unspecified atom stereocenters. The number of aliphatic hydroxyl groups excluding tert-OH is 2. The highest BCUT2D eigenvalue weighted by atomic mass is 32.2. The fraction of sp³-hybridized carbons (Fsp3) is 0.583. The smallest absolute Gasteiger partial charge is 0.189 e. The van der Waals surface area contributed by atoms with Gasteiger partial charge in [0.2, 0.25) is 0 Å². The van der Waals surface area contributed by atoms with Crippen LogP contribution < -0.4 is 0 Å². The van der Waals surface area contributed by atoms with E-state index in [0.717, 1.165) is 5.16 Å². The van der Waals surface area contributed by atoms with Crippen LogP contribution in [0.2, 0.25) is 0 Å². The molecule has 2 aromatic rings. The average Bonchev–Trinajstić information content (AvgIpc) is 3.05. The first-order valence-corrected chi connectivity index (χ1v) is 8.90. The van der Waals surface area contributed by atoms with Gasteiger partial charge in [-0.2, -0.15) is 0 Å². The second-order valence-electron chi connectivity index (χ2n) is 4.65. The summed E-state index contributed by atoms with van der Waals surface area (Å²) >= 11 is 2.94. The minimum Gasteiger partial charge on any atom is -0.394 e. The van der Waals surface area contributed by atoms with Crippen LogP contribution in [-0.4, -0.2) is 61.1 Å². The predicted molar refractivity (Wildman–Crippen MR) is 80.5 cm³/mol. The third-order valence-corrected chi connectivity index (χ3v) is 4.63. The van der Waals surface area contributed by atoms with Crippen LogP contribution >= 0.6 is 23.5 Å².